The second-order valence-corrected chi connectivity index (χ2v) is 9.45. The van der Waals surface area contributed by atoms with Crippen molar-refractivity contribution in [2.45, 2.75) is 26.9 Å². The third kappa shape index (κ3) is 5.72. The monoisotopic (exact) mass is 552 g/mol. The highest BCUT2D eigenvalue weighted by atomic mass is 35.5. The maximum Gasteiger partial charge on any atom is 0.343 e. The molecule has 0 atom stereocenters. The lowest BCUT2D eigenvalue weighted by molar-refractivity contribution is -0.120. The van der Waals surface area contributed by atoms with E-state index in [0.29, 0.717) is 22.0 Å². The van der Waals surface area contributed by atoms with E-state index in [4.69, 9.17) is 32.7 Å². The molecule has 0 bridgehead atoms. The summed E-state index contributed by atoms with van der Waals surface area (Å²) in [5.74, 6) is -2.08. The van der Waals surface area contributed by atoms with Crippen LogP contribution in [-0.4, -0.2) is 29.9 Å². The second-order valence-electron chi connectivity index (χ2n) is 8.64. The number of aryl methyl sites for hydroxylation is 1. The maximum absolute atomic E-state index is 13.1. The fourth-order valence-corrected chi connectivity index (χ4v) is 4.03. The summed E-state index contributed by atoms with van der Waals surface area (Å²) in [7, 11) is 0. The number of ether oxygens (including phenoxy) is 2. The van der Waals surface area contributed by atoms with Gasteiger partial charge in [-0.05, 0) is 93.1 Å². The largest absolute Gasteiger partial charge is 0.459 e. The minimum absolute atomic E-state index is 0.118. The van der Waals surface area contributed by atoms with E-state index in [1.54, 1.807) is 51.1 Å². The molecule has 0 aliphatic carbocycles. The van der Waals surface area contributed by atoms with Gasteiger partial charge in [0.15, 0.2) is 0 Å². The summed E-state index contributed by atoms with van der Waals surface area (Å²) in [5.41, 5.74) is 1.82. The molecule has 0 spiro atoms. The first-order valence-electron chi connectivity index (χ1n) is 11.5. The SMILES string of the molecule is Cc1cc(Cl)ccc1OC(=O)c1ccc(NC2=C(Cl)C(=O)N(c3ccc(C(=O)OC(C)C)cc3)C2=O)cc1. The Morgan fingerprint density at radius 3 is 2.05 bits per heavy atom. The summed E-state index contributed by atoms with van der Waals surface area (Å²) in [4.78, 5) is 51.3. The van der Waals surface area contributed by atoms with Crippen LogP contribution in [-0.2, 0) is 14.3 Å². The van der Waals surface area contributed by atoms with E-state index in [9.17, 15) is 19.2 Å². The predicted octanol–water partition coefficient (Wildman–Crippen LogP) is 5.87. The van der Waals surface area contributed by atoms with E-state index < -0.39 is 23.8 Å². The molecule has 1 aliphatic heterocycles. The molecule has 0 saturated carbocycles. The number of carbonyl (C=O) groups excluding carboxylic acids is 4. The van der Waals surface area contributed by atoms with Crippen LogP contribution in [0.2, 0.25) is 5.02 Å². The zero-order valence-electron chi connectivity index (χ0n) is 20.6. The third-order valence-electron chi connectivity index (χ3n) is 5.46. The number of nitrogens with zero attached hydrogens (tertiary/aromatic N) is 1. The normalized spacial score (nSPS) is 13.3. The van der Waals surface area contributed by atoms with Crippen LogP contribution >= 0.6 is 23.2 Å². The first kappa shape index (κ1) is 26.9. The van der Waals surface area contributed by atoms with E-state index >= 15 is 0 Å². The van der Waals surface area contributed by atoms with Gasteiger partial charge in [-0.2, -0.15) is 0 Å². The fraction of sp³-hybridized carbons (Fsp3) is 0.143. The fourth-order valence-electron chi connectivity index (χ4n) is 3.59. The van der Waals surface area contributed by atoms with Crippen LogP contribution in [0.3, 0.4) is 0 Å². The molecule has 0 unspecified atom stereocenters. The van der Waals surface area contributed by atoms with E-state index in [1.807, 2.05) is 0 Å². The van der Waals surface area contributed by atoms with Crippen molar-refractivity contribution in [3.05, 3.63) is 99.2 Å². The van der Waals surface area contributed by atoms with Gasteiger partial charge in [-0.15, -0.1) is 0 Å². The van der Waals surface area contributed by atoms with Crippen molar-refractivity contribution in [2.75, 3.05) is 10.2 Å². The van der Waals surface area contributed by atoms with E-state index in [2.05, 4.69) is 5.32 Å². The van der Waals surface area contributed by atoms with Crippen molar-refractivity contribution in [1.29, 1.82) is 0 Å². The van der Waals surface area contributed by atoms with Crippen molar-refractivity contribution in [1.82, 2.24) is 0 Å². The van der Waals surface area contributed by atoms with Crippen LogP contribution < -0.4 is 15.0 Å². The van der Waals surface area contributed by atoms with Gasteiger partial charge in [0.25, 0.3) is 11.8 Å². The number of nitrogens with one attached hydrogen (secondary N) is 1. The van der Waals surface area contributed by atoms with Gasteiger partial charge >= 0.3 is 11.9 Å². The average molecular weight is 553 g/mol. The second kappa shape index (κ2) is 11.1. The van der Waals surface area contributed by atoms with Crippen molar-refractivity contribution < 1.29 is 28.7 Å². The number of hydrogen-bond acceptors (Lipinski definition) is 7. The van der Waals surface area contributed by atoms with Crippen molar-refractivity contribution in [3.8, 4) is 5.75 Å². The van der Waals surface area contributed by atoms with Gasteiger partial charge in [-0.25, -0.2) is 14.5 Å². The molecule has 1 aliphatic rings. The topological polar surface area (TPSA) is 102 Å². The smallest absolute Gasteiger partial charge is 0.343 e. The van der Waals surface area contributed by atoms with E-state index in [-0.39, 0.29) is 33.6 Å². The van der Waals surface area contributed by atoms with Gasteiger partial charge < -0.3 is 14.8 Å². The molecule has 3 aromatic carbocycles. The lowest BCUT2D eigenvalue weighted by atomic mass is 10.2. The highest BCUT2D eigenvalue weighted by Crippen LogP contribution is 2.30. The van der Waals surface area contributed by atoms with Crippen LogP contribution in [0.4, 0.5) is 11.4 Å². The number of imide groups is 1. The molecule has 8 nitrogen and oxygen atoms in total. The van der Waals surface area contributed by atoms with Crippen molar-refractivity contribution >= 4 is 58.3 Å². The minimum atomic E-state index is -0.713. The number of anilines is 2. The summed E-state index contributed by atoms with van der Waals surface area (Å²) in [6, 6.07) is 16.9. The summed E-state index contributed by atoms with van der Waals surface area (Å²) in [6.07, 6.45) is -0.284. The number of halogens is 2. The van der Waals surface area contributed by atoms with Crippen LogP contribution in [0, 0.1) is 6.92 Å². The van der Waals surface area contributed by atoms with Crippen LogP contribution in [0.5, 0.6) is 5.75 Å². The molecule has 0 aromatic heterocycles. The summed E-state index contributed by atoms with van der Waals surface area (Å²) in [6.45, 7) is 5.24. The first-order chi connectivity index (χ1) is 18.0. The molecule has 38 heavy (non-hydrogen) atoms. The molecule has 3 aromatic rings. The Kier molecular flexibility index (Phi) is 7.85. The quantitative estimate of drug-likeness (QED) is 0.222. The molecule has 4 rings (SSSR count). The van der Waals surface area contributed by atoms with E-state index in [1.165, 1.54) is 36.4 Å². The third-order valence-corrected chi connectivity index (χ3v) is 6.05. The summed E-state index contributed by atoms with van der Waals surface area (Å²) >= 11 is 12.1. The number of carbonyl (C=O) groups is 4. The highest BCUT2D eigenvalue weighted by molar-refractivity contribution is 6.53. The summed E-state index contributed by atoms with van der Waals surface area (Å²) in [5, 5.41) is 3.09. The first-order valence-corrected chi connectivity index (χ1v) is 12.3. The number of hydrogen-bond donors (Lipinski definition) is 1. The number of esters is 2. The van der Waals surface area contributed by atoms with Gasteiger partial charge in [0, 0.05) is 10.7 Å². The zero-order chi connectivity index (χ0) is 27.6. The van der Waals surface area contributed by atoms with Crippen LogP contribution in [0.25, 0.3) is 0 Å². The predicted molar refractivity (Wildman–Crippen MR) is 144 cm³/mol. The Morgan fingerprint density at radius 2 is 1.45 bits per heavy atom. The molecular formula is C28H22Cl2N2O6. The molecule has 194 valence electrons. The summed E-state index contributed by atoms with van der Waals surface area (Å²) < 4.78 is 10.6. The Morgan fingerprint density at radius 1 is 0.842 bits per heavy atom. The number of benzene rings is 3. The van der Waals surface area contributed by atoms with Gasteiger partial charge in [0.1, 0.15) is 16.5 Å². The molecule has 0 radical (unpaired) electrons. The molecule has 10 heteroatoms. The Balaban J connectivity index is 1.45. The molecule has 0 saturated heterocycles. The zero-order valence-corrected chi connectivity index (χ0v) is 22.1. The van der Waals surface area contributed by atoms with Crippen molar-refractivity contribution in [3.63, 3.8) is 0 Å². The number of amides is 2. The van der Waals surface area contributed by atoms with Gasteiger partial charge in [0.05, 0.1) is 22.9 Å². The molecular weight excluding hydrogens is 531 g/mol. The molecule has 1 heterocycles. The lowest BCUT2D eigenvalue weighted by Gasteiger charge is -2.16. The molecule has 1 N–H and O–H groups in total. The highest BCUT2D eigenvalue weighted by Gasteiger charge is 2.39. The van der Waals surface area contributed by atoms with E-state index in [0.717, 1.165) is 4.90 Å². The van der Waals surface area contributed by atoms with Crippen LogP contribution in [0.1, 0.15) is 40.1 Å². The minimum Gasteiger partial charge on any atom is -0.459 e. The maximum atomic E-state index is 13.1. The van der Waals surface area contributed by atoms with Gasteiger partial charge in [-0.1, -0.05) is 23.2 Å². The van der Waals surface area contributed by atoms with Gasteiger partial charge in [0.2, 0.25) is 0 Å². The Hall–Kier alpha value is -4.14. The Bertz CT molecular complexity index is 1460. The Labute approximate surface area is 228 Å². The number of rotatable bonds is 7. The van der Waals surface area contributed by atoms with Gasteiger partial charge in [-0.3, -0.25) is 9.59 Å². The molecule has 2 amide bonds. The lowest BCUT2D eigenvalue weighted by Crippen LogP contribution is -2.32. The van der Waals surface area contributed by atoms with Crippen LogP contribution in [0.15, 0.2) is 77.5 Å². The standard InChI is InChI=1S/C28H22Cl2N2O6/c1-15(2)37-27(35)18-6-11-21(12-7-18)32-25(33)23(30)24(26(32)34)31-20-9-4-17(5-10-20)28(36)38-22-13-8-19(29)14-16(22)3/h4-15,31H,1-3H3. The average Bonchev–Trinajstić information content (AvgIpc) is 3.08. The van der Waals surface area contributed by atoms with Crippen molar-refractivity contribution in [2.24, 2.45) is 0 Å². The molecule has 0 fully saturated rings.